The minimum atomic E-state index is 0.129. The van der Waals surface area contributed by atoms with E-state index in [9.17, 15) is 4.79 Å². The summed E-state index contributed by atoms with van der Waals surface area (Å²) in [5, 5.41) is 8.17. The van der Waals surface area contributed by atoms with Gasteiger partial charge in [-0.05, 0) is 6.92 Å². The maximum Gasteiger partial charge on any atom is 0.150 e. The molecule has 0 spiro atoms. The molecule has 0 unspecified atom stereocenters. The molecule has 0 fully saturated rings. The van der Waals surface area contributed by atoms with Crippen molar-refractivity contribution in [2.45, 2.75) is 6.92 Å². The second kappa shape index (κ2) is 10.4. The molecule has 0 atom stereocenters. The molecule has 0 amide bonds. The van der Waals surface area contributed by atoms with Crippen LogP contribution < -0.4 is 0 Å². The number of carbonyl (C=O) groups excluding carboxylic acids is 1. The van der Waals surface area contributed by atoms with E-state index in [2.05, 4.69) is 0 Å². The van der Waals surface area contributed by atoms with Gasteiger partial charge in [0, 0.05) is 5.56 Å². The predicted octanol–water partition coefficient (Wildman–Crippen LogP) is 2.61. The number of hydrogen-bond acceptors (Lipinski definition) is 2. The second-order valence-corrected chi connectivity index (χ2v) is 2.67. The normalized spacial score (nSPS) is 10.0. The first-order chi connectivity index (χ1) is 7.35. The Bertz CT molecular complexity index is 300. The van der Waals surface area contributed by atoms with Gasteiger partial charge >= 0.3 is 0 Å². The van der Waals surface area contributed by atoms with Crippen molar-refractivity contribution < 1.29 is 9.90 Å². The van der Waals surface area contributed by atoms with Crippen molar-refractivity contribution in [1.82, 2.24) is 0 Å². The van der Waals surface area contributed by atoms with Gasteiger partial charge in [-0.2, -0.15) is 0 Å². The van der Waals surface area contributed by atoms with Crippen LogP contribution in [0.25, 0.3) is 0 Å². The summed E-state index contributed by atoms with van der Waals surface area (Å²) < 4.78 is 0. The highest BCUT2D eigenvalue weighted by molar-refractivity contribution is 5.74. The minimum absolute atomic E-state index is 0.129. The van der Waals surface area contributed by atoms with Crippen LogP contribution in [0.4, 0.5) is 0 Å². The van der Waals surface area contributed by atoms with Crippen LogP contribution in [-0.4, -0.2) is 18.0 Å². The maximum atomic E-state index is 10.0. The topological polar surface area (TPSA) is 37.3 Å². The number of allylic oxidation sites excluding steroid dienone is 3. The zero-order valence-corrected chi connectivity index (χ0v) is 8.84. The summed E-state index contributed by atoms with van der Waals surface area (Å²) in [4.78, 5) is 10.0. The van der Waals surface area contributed by atoms with E-state index in [-0.39, 0.29) is 6.61 Å². The van der Waals surface area contributed by atoms with E-state index in [1.165, 1.54) is 0 Å². The Morgan fingerprint density at radius 1 is 1.20 bits per heavy atom. The van der Waals surface area contributed by atoms with Crippen molar-refractivity contribution in [3.05, 3.63) is 60.2 Å². The first-order valence-electron chi connectivity index (χ1n) is 4.74. The number of aldehydes is 1. The molecular weight excluding hydrogens is 188 g/mol. The Morgan fingerprint density at radius 3 is 2.27 bits per heavy atom. The van der Waals surface area contributed by atoms with E-state index in [4.69, 9.17) is 5.11 Å². The smallest absolute Gasteiger partial charge is 0.150 e. The average Bonchev–Trinajstić information content (AvgIpc) is 2.32. The molecular formula is C13H16O2. The lowest BCUT2D eigenvalue weighted by atomic mass is 10.2. The Kier molecular flexibility index (Phi) is 9.25. The van der Waals surface area contributed by atoms with Crippen molar-refractivity contribution >= 4 is 6.29 Å². The van der Waals surface area contributed by atoms with Gasteiger partial charge in [0.25, 0.3) is 0 Å². The molecule has 0 heterocycles. The molecule has 0 radical (unpaired) electrons. The van der Waals surface area contributed by atoms with Gasteiger partial charge < -0.3 is 5.11 Å². The zero-order valence-electron chi connectivity index (χ0n) is 8.84. The lowest BCUT2D eigenvalue weighted by molar-refractivity contribution is 0.112. The van der Waals surface area contributed by atoms with Crippen LogP contribution in [0.1, 0.15) is 17.3 Å². The molecule has 0 aliphatic carbocycles. The molecule has 0 aliphatic heterocycles. The number of hydrogen-bond donors (Lipinski definition) is 1. The largest absolute Gasteiger partial charge is 0.392 e. The Balaban J connectivity index is 0.000000265. The van der Waals surface area contributed by atoms with Gasteiger partial charge in [0.05, 0.1) is 6.61 Å². The summed E-state index contributed by atoms with van der Waals surface area (Å²) in [6.45, 7) is 2.06. The monoisotopic (exact) mass is 204 g/mol. The third-order valence-corrected chi connectivity index (χ3v) is 1.48. The summed E-state index contributed by atoms with van der Waals surface area (Å²) in [6.07, 6.45) is 8.10. The third-order valence-electron chi connectivity index (χ3n) is 1.48. The highest BCUT2D eigenvalue weighted by atomic mass is 16.2. The highest BCUT2D eigenvalue weighted by Gasteiger charge is 1.79. The van der Waals surface area contributed by atoms with Crippen LogP contribution >= 0.6 is 0 Å². The molecule has 1 rings (SSSR count). The molecule has 1 aromatic rings. The summed E-state index contributed by atoms with van der Waals surface area (Å²) >= 11 is 0. The van der Waals surface area contributed by atoms with E-state index >= 15 is 0 Å². The number of rotatable bonds is 3. The molecule has 0 saturated carbocycles. The van der Waals surface area contributed by atoms with E-state index in [1.54, 1.807) is 24.3 Å². The standard InChI is InChI=1S/C7H6O.C6H10O/c8-6-7-4-2-1-3-5-7;1-2-3-4-5-6-7/h1-6H;2-5,7H,6H2,1H3. The van der Waals surface area contributed by atoms with Crippen LogP contribution in [0.3, 0.4) is 0 Å². The third kappa shape index (κ3) is 8.65. The van der Waals surface area contributed by atoms with Gasteiger partial charge in [0.15, 0.2) is 0 Å². The van der Waals surface area contributed by atoms with E-state index in [0.717, 1.165) is 11.8 Å². The fraction of sp³-hybridized carbons (Fsp3) is 0.154. The molecule has 0 saturated heterocycles. The molecule has 0 bridgehead atoms. The first kappa shape index (κ1) is 13.3. The maximum absolute atomic E-state index is 10.0. The lowest BCUT2D eigenvalue weighted by Crippen LogP contribution is -1.73. The van der Waals surface area contributed by atoms with Crippen molar-refractivity contribution in [3.8, 4) is 0 Å². The van der Waals surface area contributed by atoms with Gasteiger partial charge in [0.1, 0.15) is 6.29 Å². The van der Waals surface area contributed by atoms with Crippen molar-refractivity contribution in [2.24, 2.45) is 0 Å². The summed E-state index contributed by atoms with van der Waals surface area (Å²) in [7, 11) is 0. The summed E-state index contributed by atoms with van der Waals surface area (Å²) in [5.41, 5.74) is 0.729. The van der Waals surface area contributed by atoms with Crippen molar-refractivity contribution in [3.63, 3.8) is 0 Å². The van der Waals surface area contributed by atoms with Gasteiger partial charge in [0.2, 0.25) is 0 Å². The van der Waals surface area contributed by atoms with Crippen molar-refractivity contribution in [1.29, 1.82) is 0 Å². The Morgan fingerprint density at radius 2 is 1.87 bits per heavy atom. The van der Waals surface area contributed by atoms with Crippen molar-refractivity contribution in [2.75, 3.05) is 6.61 Å². The molecule has 1 N–H and O–H groups in total. The van der Waals surface area contributed by atoms with Crippen LogP contribution in [0.5, 0.6) is 0 Å². The first-order valence-corrected chi connectivity index (χ1v) is 4.74. The van der Waals surface area contributed by atoms with Gasteiger partial charge in [-0.3, -0.25) is 4.79 Å². The van der Waals surface area contributed by atoms with Crippen LogP contribution in [0.2, 0.25) is 0 Å². The fourth-order valence-corrected chi connectivity index (χ4v) is 0.782. The summed E-state index contributed by atoms with van der Waals surface area (Å²) in [5.74, 6) is 0. The fourth-order valence-electron chi connectivity index (χ4n) is 0.782. The van der Waals surface area contributed by atoms with E-state index in [0.29, 0.717) is 0 Å². The highest BCUT2D eigenvalue weighted by Crippen LogP contribution is 1.91. The number of carbonyl (C=O) groups is 1. The molecule has 2 nitrogen and oxygen atoms in total. The van der Waals surface area contributed by atoms with Gasteiger partial charge in [-0.25, -0.2) is 0 Å². The molecule has 0 aliphatic rings. The Hall–Kier alpha value is -1.67. The number of benzene rings is 1. The lowest BCUT2D eigenvalue weighted by Gasteiger charge is -1.81. The second-order valence-electron chi connectivity index (χ2n) is 2.67. The molecule has 2 heteroatoms. The van der Waals surface area contributed by atoms with E-state index < -0.39 is 0 Å². The summed E-state index contributed by atoms with van der Waals surface area (Å²) in [6, 6.07) is 9.10. The zero-order chi connectivity index (χ0) is 11.4. The molecule has 0 aromatic heterocycles. The molecule has 15 heavy (non-hydrogen) atoms. The minimum Gasteiger partial charge on any atom is -0.392 e. The number of aliphatic hydroxyl groups excluding tert-OH is 1. The Labute approximate surface area is 90.6 Å². The SMILES string of the molecule is CC=CC=CCO.O=Cc1ccccc1. The predicted molar refractivity (Wildman–Crippen MR) is 62.9 cm³/mol. The average molecular weight is 204 g/mol. The van der Waals surface area contributed by atoms with Crippen LogP contribution in [0.15, 0.2) is 54.6 Å². The number of aliphatic hydroxyl groups is 1. The quantitative estimate of drug-likeness (QED) is 0.607. The molecule has 80 valence electrons. The van der Waals surface area contributed by atoms with Gasteiger partial charge in [-0.15, -0.1) is 0 Å². The van der Waals surface area contributed by atoms with Crippen LogP contribution in [-0.2, 0) is 0 Å². The van der Waals surface area contributed by atoms with Gasteiger partial charge in [-0.1, -0.05) is 54.6 Å². The van der Waals surface area contributed by atoms with E-state index in [1.807, 2.05) is 37.3 Å². The van der Waals surface area contributed by atoms with Crippen LogP contribution in [0, 0.1) is 0 Å². The molecule has 1 aromatic carbocycles.